The second-order valence-corrected chi connectivity index (χ2v) is 13.3. The van der Waals surface area contributed by atoms with Crippen molar-refractivity contribution in [3.63, 3.8) is 0 Å². The van der Waals surface area contributed by atoms with Gasteiger partial charge in [-0.3, -0.25) is 24.3 Å². The van der Waals surface area contributed by atoms with Crippen molar-refractivity contribution in [2.45, 2.75) is 81.3 Å². The largest absolute Gasteiger partial charge is 0.397 e. The molecule has 0 aromatic rings. The summed E-state index contributed by atoms with van der Waals surface area (Å²) in [5, 5.41) is 32.8. The molecule has 250 valence electrons. The third-order valence-corrected chi connectivity index (χ3v) is 9.53. The maximum atomic E-state index is 14.2. The fourth-order valence-electron chi connectivity index (χ4n) is 5.91. The summed E-state index contributed by atoms with van der Waals surface area (Å²) >= 11 is 6.65. The van der Waals surface area contributed by atoms with Crippen LogP contribution in [0.4, 0.5) is 0 Å². The number of fused-ring (bicyclic) bond motifs is 1. The maximum Gasteiger partial charge on any atom is 0.397 e. The number of guanidine groups is 1. The summed E-state index contributed by atoms with van der Waals surface area (Å²) in [6.07, 6.45) is -0.873. The van der Waals surface area contributed by atoms with Crippen molar-refractivity contribution in [1.29, 1.82) is 5.41 Å². The summed E-state index contributed by atoms with van der Waals surface area (Å²) in [4.78, 5) is 43.9. The summed E-state index contributed by atoms with van der Waals surface area (Å²) in [6, 6.07) is -3.01. The lowest BCUT2D eigenvalue weighted by Gasteiger charge is -2.40. The van der Waals surface area contributed by atoms with Gasteiger partial charge in [0.2, 0.25) is 11.8 Å². The lowest BCUT2D eigenvalue weighted by atomic mass is 9.81. The average Bonchev–Trinajstić information content (AvgIpc) is 3.56. The first-order chi connectivity index (χ1) is 20.5. The summed E-state index contributed by atoms with van der Waals surface area (Å²) in [5.74, 6) is -2.79. The van der Waals surface area contributed by atoms with Crippen LogP contribution in [0.25, 0.3) is 0 Å². The predicted octanol–water partition coefficient (Wildman–Crippen LogP) is -1.69. The van der Waals surface area contributed by atoms with Crippen LogP contribution in [-0.2, 0) is 33.7 Å². The summed E-state index contributed by atoms with van der Waals surface area (Å²) in [5.41, 5.74) is 6.54. The van der Waals surface area contributed by atoms with E-state index in [1.807, 2.05) is 6.08 Å². The van der Waals surface area contributed by atoms with E-state index in [1.54, 1.807) is 18.7 Å². The standard InChI is InChI=1S/C26H43ClN6O10S/c1-13(2)21(27)22(31-24(37)20(42-3)12-43-44(39,40)41)25(38)33-16-10-19(35)18(34)9-15(16)8-17(33)23(36)30-6-4-14-5-7-32(11-14)26(28)29/h5,13,15-22,34-35H,4,6-12H2,1-3H3,(H3,28,29)(H,30,36)(H,31,37)(H,39,40,41). The molecule has 1 saturated carbocycles. The SMILES string of the molecule is COC(COS(=O)(=O)O)C(=O)NC(C(=O)N1C(C(=O)NCCC2=CCN(C(=N)N)C2)CC2CC(O)C(O)CC21)C(Cl)C(C)C. The number of aliphatic hydroxyl groups excluding tert-OH is 2. The van der Waals surface area contributed by atoms with Gasteiger partial charge < -0.3 is 41.1 Å². The fraction of sp³-hybridized carbons (Fsp3) is 0.769. The van der Waals surface area contributed by atoms with Gasteiger partial charge in [0.1, 0.15) is 18.7 Å². The zero-order valence-electron chi connectivity index (χ0n) is 24.9. The molecular formula is C26H43ClN6O10S. The first kappa shape index (κ1) is 35.9. The monoisotopic (exact) mass is 666 g/mol. The minimum Gasteiger partial charge on any atom is -0.390 e. The van der Waals surface area contributed by atoms with Crippen molar-refractivity contribution in [2.24, 2.45) is 17.6 Å². The highest BCUT2D eigenvalue weighted by atomic mass is 35.5. The topological polar surface area (TPSA) is 245 Å². The zero-order chi connectivity index (χ0) is 32.9. The van der Waals surface area contributed by atoms with Gasteiger partial charge in [-0.25, -0.2) is 4.18 Å². The van der Waals surface area contributed by atoms with E-state index in [1.165, 1.54) is 4.90 Å². The Morgan fingerprint density at radius 1 is 1.20 bits per heavy atom. The number of ether oxygens (including phenoxy) is 1. The molecule has 16 nitrogen and oxygen atoms in total. The van der Waals surface area contributed by atoms with Crippen molar-refractivity contribution < 1.29 is 46.5 Å². The number of nitrogens with two attached hydrogens (primary N) is 1. The molecule has 0 aromatic carbocycles. The van der Waals surface area contributed by atoms with Crippen LogP contribution in [0, 0.1) is 17.2 Å². The van der Waals surface area contributed by atoms with E-state index in [-0.39, 0.29) is 43.6 Å². The van der Waals surface area contributed by atoms with Gasteiger partial charge in [0, 0.05) is 32.8 Å². The lowest BCUT2D eigenvalue weighted by Crippen LogP contribution is -2.61. The number of methoxy groups -OCH3 is 1. The molecule has 1 aliphatic carbocycles. The van der Waals surface area contributed by atoms with E-state index < -0.39 is 76.5 Å². The number of likely N-dealkylation sites (tertiary alicyclic amines) is 1. The molecule has 2 heterocycles. The number of nitrogens with zero attached hydrogens (tertiary/aromatic N) is 2. The Bertz CT molecular complexity index is 1220. The molecule has 18 heteroatoms. The van der Waals surface area contributed by atoms with Gasteiger partial charge in [0.15, 0.2) is 12.1 Å². The first-order valence-corrected chi connectivity index (χ1v) is 16.2. The predicted molar refractivity (Wildman–Crippen MR) is 158 cm³/mol. The van der Waals surface area contributed by atoms with Crippen molar-refractivity contribution in [2.75, 3.05) is 33.4 Å². The minimum atomic E-state index is -4.88. The number of carbonyl (C=O) groups excluding carboxylic acids is 3. The van der Waals surface area contributed by atoms with Gasteiger partial charge in [-0.2, -0.15) is 8.42 Å². The van der Waals surface area contributed by atoms with Crippen molar-refractivity contribution >= 4 is 45.7 Å². The van der Waals surface area contributed by atoms with Gasteiger partial charge >= 0.3 is 10.4 Å². The fourth-order valence-corrected chi connectivity index (χ4v) is 6.37. The van der Waals surface area contributed by atoms with Crippen LogP contribution in [0.3, 0.4) is 0 Å². The number of amides is 3. The number of rotatable bonds is 13. The Labute approximate surface area is 261 Å². The minimum absolute atomic E-state index is 0.00726. The Balaban J connectivity index is 1.81. The van der Waals surface area contributed by atoms with Crippen LogP contribution in [-0.4, -0.2) is 132 Å². The molecule has 3 aliphatic rings. The number of hydrogen-bond acceptors (Lipinski definition) is 10. The third-order valence-electron chi connectivity index (χ3n) is 8.34. The molecule has 0 aromatic heterocycles. The highest BCUT2D eigenvalue weighted by Gasteiger charge is 2.53. The van der Waals surface area contributed by atoms with Crippen LogP contribution >= 0.6 is 11.6 Å². The number of nitrogens with one attached hydrogen (secondary N) is 3. The number of carbonyl (C=O) groups is 3. The van der Waals surface area contributed by atoms with Crippen LogP contribution < -0.4 is 16.4 Å². The molecule has 3 rings (SSSR count). The number of halogens is 1. The Morgan fingerprint density at radius 2 is 1.86 bits per heavy atom. The molecule has 8 N–H and O–H groups in total. The number of alkyl halides is 1. The molecular weight excluding hydrogens is 624 g/mol. The normalized spacial score (nSPS) is 27.4. The van der Waals surface area contributed by atoms with E-state index in [4.69, 9.17) is 32.0 Å². The van der Waals surface area contributed by atoms with Crippen LogP contribution in [0.2, 0.25) is 0 Å². The smallest absolute Gasteiger partial charge is 0.390 e. The second kappa shape index (κ2) is 15.2. The summed E-state index contributed by atoms with van der Waals surface area (Å²) in [7, 11) is -3.78. The summed E-state index contributed by atoms with van der Waals surface area (Å²) < 4.78 is 40.2. The van der Waals surface area contributed by atoms with Gasteiger partial charge in [-0.1, -0.05) is 25.5 Å². The molecule has 8 unspecified atom stereocenters. The summed E-state index contributed by atoms with van der Waals surface area (Å²) in [6.45, 7) is 3.81. The van der Waals surface area contributed by atoms with Gasteiger partial charge in [-0.15, -0.1) is 11.6 Å². The quantitative estimate of drug-likeness (QED) is 0.0383. The molecule has 2 aliphatic heterocycles. The molecule has 44 heavy (non-hydrogen) atoms. The molecule has 2 fully saturated rings. The number of hydrogen-bond donors (Lipinski definition) is 7. The zero-order valence-corrected chi connectivity index (χ0v) is 26.5. The van der Waals surface area contributed by atoms with Gasteiger partial charge in [-0.05, 0) is 37.5 Å². The molecule has 0 radical (unpaired) electrons. The van der Waals surface area contributed by atoms with Crippen molar-refractivity contribution in [3.8, 4) is 0 Å². The third kappa shape index (κ3) is 9.02. The molecule has 0 spiro atoms. The Kier molecular flexibility index (Phi) is 12.4. The highest BCUT2D eigenvalue weighted by Crippen LogP contribution is 2.41. The first-order valence-electron chi connectivity index (χ1n) is 14.4. The number of aliphatic hydroxyl groups is 2. The van der Waals surface area contributed by atoms with Crippen LogP contribution in [0.5, 0.6) is 0 Å². The van der Waals surface area contributed by atoms with Crippen LogP contribution in [0.1, 0.15) is 39.5 Å². The second-order valence-electron chi connectivity index (χ2n) is 11.7. The van der Waals surface area contributed by atoms with Gasteiger partial charge in [0.25, 0.3) is 5.91 Å². The maximum absolute atomic E-state index is 14.2. The highest BCUT2D eigenvalue weighted by molar-refractivity contribution is 7.80. The lowest BCUT2D eigenvalue weighted by molar-refractivity contribution is -0.147. The van der Waals surface area contributed by atoms with E-state index in [0.717, 1.165) is 12.7 Å². The van der Waals surface area contributed by atoms with E-state index in [9.17, 15) is 33.0 Å². The molecule has 8 atom stereocenters. The van der Waals surface area contributed by atoms with Crippen LogP contribution in [0.15, 0.2) is 11.6 Å². The van der Waals surface area contributed by atoms with Crippen molar-refractivity contribution in [1.82, 2.24) is 20.4 Å². The van der Waals surface area contributed by atoms with E-state index in [0.29, 0.717) is 19.5 Å². The Hall–Kier alpha value is -2.54. The van der Waals surface area contributed by atoms with E-state index >= 15 is 0 Å². The molecule has 1 saturated heterocycles. The average molecular weight is 667 g/mol. The van der Waals surface area contributed by atoms with Gasteiger partial charge in [0.05, 0.1) is 17.6 Å². The Morgan fingerprint density at radius 3 is 2.43 bits per heavy atom. The molecule has 3 amide bonds. The van der Waals surface area contributed by atoms with Crippen molar-refractivity contribution in [3.05, 3.63) is 11.6 Å². The molecule has 0 bridgehead atoms. The van der Waals surface area contributed by atoms with E-state index in [2.05, 4.69) is 14.8 Å².